The monoisotopic (exact) mass is 316 g/mol. The summed E-state index contributed by atoms with van der Waals surface area (Å²) in [6.07, 6.45) is 0. The molecule has 0 aliphatic rings. The average Bonchev–Trinajstić information content (AvgIpc) is 2.49. The number of carbonyl (C=O) groups is 1. The van der Waals surface area contributed by atoms with Crippen LogP contribution in [0.5, 0.6) is 0 Å². The van der Waals surface area contributed by atoms with E-state index in [2.05, 4.69) is 0 Å². The molecule has 116 valence electrons. The van der Waals surface area contributed by atoms with E-state index in [0.29, 0.717) is 0 Å². The molecule has 1 aromatic heterocycles. The van der Waals surface area contributed by atoms with Crippen molar-refractivity contribution in [1.29, 1.82) is 0 Å². The van der Waals surface area contributed by atoms with E-state index >= 15 is 0 Å². The Morgan fingerprint density at radius 3 is 2.61 bits per heavy atom. The summed E-state index contributed by atoms with van der Waals surface area (Å²) in [5, 5.41) is 9.37. The van der Waals surface area contributed by atoms with Gasteiger partial charge in [0.2, 0.25) is 5.43 Å². The fourth-order valence-corrected chi connectivity index (χ4v) is 2.36. The van der Waals surface area contributed by atoms with Gasteiger partial charge < -0.3 is 9.52 Å². The zero-order valence-corrected chi connectivity index (χ0v) is 11.9. The molecule has 0 aliphatic carbocycles. The summed E-state index contributed by atoms with van der Waals surface area (Å²) < 4.78 is 32.9. The highest BCUT2D eigenvalue weighted by molar-refractivity contribution is 5.98. The third-order valence-corrected chi connectivity index (χ3v) is 3.46. The van der Waals surface area contributed by atoms with Crippen molar-refractivity contribution in [2.75, 3.05) is 0 Å². The van der Waals surface area contributed by atoms with E-state index in [0.717, 1.165) is 17.7 Å². The number of benzene rings is 2. The maximum absolute atomic E-state index is 14.0. The molecule has 2 aromatic carbocycles. The van der Waals surface area contributed by atoms with Crippen molar-refractivity contribution in [3.05, 3.63) is 69.4 Å². The van der Waals surface area contributed by atoms with Crippen LogP contribution in [0, 0.1) is 18.6 Å². The van der Waals surface area contributed by atoms with Gasteiger partial charge in [-0.25, -0.2) is 13.6 Å². The Labute approximate surface area is 128 Å². The minimum atomic E-state index is -1.57. The fraction of sp³-hybridized carbons (Fsp3) is 0.0588. The molecular weight excluding hydrogens is 306 g/mol. The molecule has 0 fully saturated rings. The van der Waals surface area contributed by atoms with E-state index in [1.807, 2.05) is 0 Å². The van der Waals surface area contributed by atoms with E-state index in [1.165, 1.54) is 18.2 Å². The first-order valence-corrected chi connectivity index (χ1v) is 6.65. The lowest BCUT2D eigenvalue weighted by molar-refractivity contribution is 0.0694. The van der Waals surface area contributed by atoms with Gasteiger partial charge in [-0.15, -0.1) is 0 Å². The molecule has 23 heavy (non-hydrogen) atoms. The summed E-state index contributed by atoms with van der Waals surface area (Å²) in [6.45, 7) is 1.76. The molecule has 0 saturated carbocycles. The summed E-state index contributed by atoms with van der Waals surface area (Å²) in [5.74, 6) is -4.51. The standard InChI is InChI=1S/C17H10F2O4/c1-8-5-6-9-12(7-8)23-16(13(15(9)20)17(21)22)10-3-2-4-11(18)14(10)19/h2-7H,1H3,(H,21,22). The molecule has 0 unspecified atom stereocenters. The first-order valence-electron chi connectivity index (χ1n) is 6.65. The zero-order valence-electron chi connectivity index (χ0n) is 11.9. The number of halogens is 2. The Kier molecular flexibility index (Phi) is 3.44. The molecule has 4 nitrogen and oxygen atoms in total. The van der Waals surface area contributed by atoms with Crippen molar-refractivity contribution in [2.45, 2.75) is 6.92 Å². The van der Waals surface area contributed by atoms with E-state index < -0.39 is 39.9 Å². The minimum Gasteiger partial charge on any atom is -0.477 e. The van der Waals surface area contributed by atoms with Crippen LogP contribution in [0.3, 0.4) is 0 Å². The molecule has 1 heterocycles. The van der Waals surface area contributed by atoms with Gasteiger partial charge in [0.25, 0.3) is 0 Å². The highest BCUT2D eigenvalue weighted by atomic mass is 19.2. The highest BCUT2D eigenvalue weighted by Crippen LogP contribution is 2.29. The van der Waals surface area contributed by atoms with E-state index in [4.69, 9.17) is 4.42 Å². The van der Waals surface area contributed by atoms with Crippen molar-refractivity contribution in [2.24, 2.45) is 0 Å². The van der Waals surface area contributed by atoms with Crippen LogP contribution in [0.1, 0.15) is 15.9 Å². The summed E-state index contributed by atoms with van der Waals surface area (Å²) in [4.78, 5) is 23.9. The van der Waals surface area contributed by atoms with Gasteiger partial charge in [0.1, 0.15) is 5.58 Å². The second-order valence-corrected chi connectivity index (χ2v) is 5.04. The van der Waals surface area contributed by atoms with Crippen LogP contribution < -0.4 is 5.43 Å². The van der Waals surface area contributed by atoms with Crippen molar-refractivity contribution in [3.8, 4) is 11.3 Å². The maximum Gasteiger partial charge on any atom is 0.343 e. The molecule has 1 N–H and O–H groups in total. The van der Waals surface area contributed by atoms with Crippen LogP contribution in [-0.4, -0.2) is 11.1 Å². The predicted octanol–water partition coefficient (Wildman–Crippen LogP) is 3.74. The predicted molar refractivity (Wildman–Crippen MR) is 79.5 cm³/mol. The number of aryl methyl sites for hydroxylation is 1. The fourth-order valence-electron chi connectivity index (χ4n) is 2.36. The normalized spacial score (nSPS) is 10.9. The molecule has 0 aliphatic heterocycles. The van der Waals surface area contributed by atoms with Gasteiger partial charge in [0.05, 0.1) is 10.9 Å². The molecule has 0 atom stereocenters. The molecule has 0 bridgehead atoms. The van der Waals surface area contributed by atoms with Gasteiger partial charge >= 0.3 is 5.97 Å². The lowest BCUT2D eigenvalue weighted by Gasteiger charge is -2.09. The van der Waals surface area contributed by atoms with Gasteiger partial charge in [-0.2, -0.15) is 0 Å². The maximum atomic E-state index is 14.0. The lowest BCUT2D eigenvalue weighted by Crippen LogP contribution is -2.17. The Hall–Kier alpha value is -3.02. The van der Waals surface area contributed by atoms with Crippen LogP contribution in [0.4, 0.5) is 8.78 Å². The van der Waals surface area contributed by atoms with Crippen molar-refractivity contribution >= 4 is 16.9 Å². The van der Waals surface area contributed by atoms with Crippen LogP contribution >= 0.6 is 0 Å². The Balaban J connectivity index is 2.48. The third kappa shape index (κ3) is 2.38. The minimum absolute atomic E-state index is 0.0635. The summed E-state index contributed by atoms with van der Waals surface area (Å²) >= 11 is 0. The molecular formula is C17H10F2O4. The molecule has 0 saturated heterocycles. The molecule has 3 rings (SSSR count). The van der Waals surface area contributed by atoms with Gasteiger partial charge in [-0.1, -0.05) is 12.1 Å². The van der Waals surface area contributed by atoms with Gasteiger partial charge in [0.15, 0.2) is 23.0 Å². The molecule has 0 radical (unpaired) electrons. The van der Waals surface area contributed by atoms with E-state index in [9.17, 15) is 23.5 Å². The molecule has 0 spiro atoms. The van der Waals surface area contributed by atoms with E-state index in [-0.39, 0.29) is 11.0 Å². The number of aromatic carboxylic acids is 1. The number of carboxylic acids is 1. The first-order chi connectivity index (χ1) is 10.9. The number of carboxylic acid groups (broad SMARTS) is 1. The topological polar surface area (TPSA) is 67.5 Å². The SMILES string of the molecule is Cc1ccc2c(=O)c(C(=O)O)c(-c3cccc(F)c3F)oc2c1. The second kappa shape index (κ2) is 5.31. The van der Waals surface area contributed by atoms with Gasteiger partial charge in [-0.3, -0.25) is 4.79 Å². The van der Waals surface area contributed by atoms with Crippen molar-refractivity contribution < 1.29 is 23.1 Å². The van der Waals surface area contributed by atoms with Crippen LogP contribution in [0.15, 0.2) is 45.6 Å². The Morgan fingerprint density at radius 2 is 1.91 bits per heavy atom. The van der Waals surface area contributed by atoms with Gasteiger partial charge in [-0.05, 0) is 36.8 Å². The summed E-state index contributed by atoms with van der Waals surface area (Å²) in [6, 6.07) is 7.86. The number of hydrogen-bond acceptors (Lipinski definition) is 3. The molecule has 6 heteroatoms. The van der Waals surface area contributed by atoms with Crippen LogP contribution in [0.25, 0.3) is 22.3 Å². The van der Waals surface area contributed by atoms with Gasteiger partial charge in [0, 0.05) is 0 Å². The number of hydrogen-bond donors (Lipinski definition) is 1. The second-order valence-electron chi connectivity index (χ2n) is 5.04. The smallest absolute Gasteiger partial charge is 0.343 e. The van der Waals surface area contributed by atoms with Crippen LogP contribution in [-0.2, 0) is 0 Å². The highest BCUT2D eigenvalue weighted by Gasteiger charge is 2.24. The lowest BCUT2D eigenvalue weighted by atomic mass is 10.0. The van der Waals surface area contributed by atoms with Crippen molar-refractivity contribution in [3.63, 3.8) is 0 Å². The van der Waals surface area contributed by atoms with E-state index in [1.54, 1.807) is 13.0 Å². The molecule has 3 aromatic rings. The number of rotatable bonds is 2. The Bertz CT molecular complexity index is 1010. The first kappa shape index (κ1) is 14.9. The average molecular weight is 316 g/mol. The summed E-state index contributed by atoms with van der Waals surface area (Å²) in [7, 11) is 0. The Morgan fingerprint density at radius 1 is 1.17 bits per heavy atom. The number of fused-ring (bicyclic) bond motifs is 1. The summed E-state index contributed by atoms with van der Waals surface area (Å²) in [5.41, 5.74) is -1.07. The largest absolute Gasteiger partial charge is 0.477 e. The molecule has 0 amide bonds. The third-order valence-electron chi connectivity index (χ3n) is 3.46. The zero-order chi connectivity index (χ0) is 16.7. The quantitative estimate of drug-likeness (QED) is 0.782. The van der Waals surface area contributed by atoms with Crippen LogP contribution in [0.2, 0.25) is 0 Å². The van der Waals surface area contributed by atoms with Crippen molar-refractivity contribution in [1.82, 2.24) is 0 Å².